The third kappa shape index (κ3) is 6.65. The molecule has 35 heavy (non-hydrogen) atoms. The van der Waals surface area contributed by atoms with Gasteiger partial charge >= 0.3 is 6.18 Å². The maximum absolute atomic E-state index is 12.9. The van der Waals surface area contributed by atoms with Crippen molar-refractivity contribution >= 4 is 45.9 Å². The molecule has 0 spiro atoms. The van der Waals surface area contributed by atoms with E-state index in [2.05, 4.69) is 20.9 Å². The number of nitrogens with one attached hydrogen (secondary N) is 3. The smallest absolute Gasteiger partial charge is 0.347 e. The summed E-state index contributed by atoms with van der Waals surface area (Å²) in [7, 11) is 0. The van der Waals surface area contributed by atoms with E-state index in [1.54, 1.807) is 18.3 Å². The monoisotopic (exact) mass is 512 g/mol. The van der Waals surface area contributed by atoms with Crippen LogP contribution in [0, 0.1) is 0 Å². The lowest BCUT2D eigenvalue weighted by molar-refractivity contribution is -0.137. The van der Waals surface area contributed by atoms with E-state index >= 15 is 0 Å². The number of aromatic nitrogens is 1. The van der Waals surface area contributed by atoms with Crippen LogP contribution in [0.3, 0.4) is 0 Å². The molecule has 0 aliphatic heterocycles. The van der Waals surface area contributed by atoms with E-state index in [-0.39, 0.29) is 16.7 Å². The van der Waals surface area contributed by atoms with E-state index in [4.69, 9.17) is 12.2 Å². The molecule has 0 radical (unpaired) electrons. The second-order valence-electron chi connectivity index (χ2n) is 7.46. The maximum Gasteiger partial charge on any atom is 0.416 e. The molecule has 0 fully saturated rings. The van der Waals surface area contributed by atoms with Crippen molar-refractivity contribution in [1.82, 2.24) is 10.3 Å². The van der Waals surface area contributed by atoms with Crippen molar-refractivity contribution in [2.75, 3.05) is 10.6 Å². The van der Waals surface area contributed by atoms with Crippen molar-refractivity contribution in [3.8, 4) is 10.4 Å². The number of carbonyl (C=O) groups is 1. The number of carbonyl (C=O) groups excluding carboxylic acids is 1. The van der Waals surface area contributed by atoms with Crippen LogP contribution in [0.2, 0.25) is 0 Å². The first kappa shape index (κ1) is 24.4. The molecule has 4 rings (SSSR count). The summed E-state index contributed by atoms with van der Waals surface area (Å²) in [6.45, 7) is 0.398. The van der Waals surface area contributed by atoms with E-state index < -0.39 is 11.7 Å². The number of halogens is 3. The standard InChI is InChI=1S/C25H19F3N4OS2/c26-25(27,28)18-7-4-8-19(12-18)31-24(34)32-20-13-22(35-15-20)17-9-10-29-21(11-17)23(33)30-14-16-5-2-1-3-6-16/h1-13,15H,14H2,(H,30,33)(H2,31,32,34). The number of hydrogen-bond donors (Lipinski definition) is 3. The molecule has 0 saturated carbocycles. The molecule has 0 unspecified atom stereocenters. The number of thiophene rings is 1. The van der Waals surface area contributed by atoms with Crippen LogP contribution < -0.4 is 16.0 Å². The fourth-order valence-corrected chi connectivity index (χ4v) is 4.27. The van der Waals surface area contributed by atoms with Crippen LogP contribution in [-0.4, -0.2) is 16.0 Å². The lowest BCUT2D eigenvalue weighted by Crippen LogP contribution is -2.23. The minimum absolute atomic E-state index is 0.157. The van der Waals surface area contributed by atoms with Crippen LogP contribution in [0.1, 0.15) is 21.6 Å². The van der Waals surface area contributed by atoms with E-state index in [0.29, 0.717) is 17.9 Å². The Morgan fingerprint density at radius 2 is 1.71 bits per heavy atom. The molecular formula is C25H19F3N4OS2. The Kier molecular flexibility index (Phi) is 7.42. The van der Waals surface area contributed by atoms with Crippen LogP contribution in [-0.2, 0) is 12.7 Å². The number of hydrogen-bond acceptors (Lipinski definition) is 4. The summed E-state index contributed by atoms with van der Waals surface area (Å²) in [5, 5.41) is 10.6. The zero-order valence-electron chi connectivity index (χ0n) is 18.1. The molecule has 4 aromatic rings. The van der Waals surface area contributed by atoms with Gasteiger partial charge in [0.15, 0.2) is 5.11 Å². The largest absolute Gasteiger partial charge is 0.416 e. The van der Waals surface area contributed by atoms with E-state index in [1.807, 2.05) is 41.8 Å². The minimum Gasteiger partial charge on any atom is -0.347 e. The molecule has 2 aromatic carbocycles. The molecule has 0 bridgehead atoms. The average molecular weight is 513 g/mol. The molecule has 0 saturated heterocycles. The van der Waals surface area contributed by atoms with E-state index in [0.717, 1.165) is 28.1 Å². The van der Waals surface area contributed by atoms with Gasteiger partial charge in [-0.15, -0.1) is 11.3 Å². The Hall–Kier alpha value is -3.76. The van der Waals surface area contributed by atoms with Gasteiger partial charge in [-0.1, -0.05) is 36.4 Å². The second-order valence-corrected chi connectivity index (χ2v) is 8.77. The van der Waals surface area contributed by atoms with Gasteiger partial charge in [0.1, 0.15) is 5.69 Å². The molecular weight excluding hydrogens is 493 g/mol. The van der Waals surface area contributed by atoms with Crippen LogP contribution in [0.4, 0.5) is 24.5 Å². The molecule has 1 amide bonds. The first-order valence-corrected chi connectivity index (χ1v) is 11.7. The van der Waals surface area contributed by atoms with Crippen molar-refractivity contribution in [3.05, 3.63) is 101 Å². The number of nitrogens with zero attached hydrogens (tertiary/aromatic N) is 1. The van der Waals surface area contributed by atoms with E-state index in [1.165, 1.54) is 23.5 Å². The molecule has 5 nitrogen and oxygen atoms in total. The van der Waals surface area contributed by atoms with Crippen molar-refractivity contribution in [2.45, 2.75) is 12.7 Å². The van der Waals surface area contributed by atoms with Gasteiger partial charge in [0.25, 0.3) is 5.91 Å². The number of alkyl halides is 3. The number of amides is 1. The highest BCUT2D eigenvalue weighted by Gasteiger charge is 2.30. The highest BCUT2D eigenvalue weighted by Crippen LogP contribution is 2.32. The molecule has 0 atom stereocenters. The summed E-state index contributed by atoms with van der Waals surface area (Å²) >= 11 is 6.67. The normalized spacial score (nSPS) is 11.1. The highest BCUT2D eigenvalue weighted by atomic mass is 32.1. The fraction of sp³-hybridized carbons (Fsp3) is 0.0800. The number of benzene rings is 2. The predicted molar refractivity (Wildman–Crippen MR) is 136 cm³/mol. The summed E-state index contributed by atoms with van der Waals surface area (Å²) in [5.74, 6) is -0.280. The quantitative estimate of drug-likeness (QED) is 0.255. The van der Waals surface area contributed by atoms with Gasteiger partial charge in [-0.3, -0.25) is 9.78 Å². The lowest BCUT2D eigenvalue weighted by Gasteiger charge is -2.12. The Bertz CT molecular complexity index is 1340. The number of pyridine rings is 1. The zero-order chi connectivity index (χ0) is 24.8. The van der Waals surface area contributed by atoms with Gasteiger partial charge in [0.2, 0.25) is 0 Å². The summed E-state index contributed by atoms with van der Waals surface area (Å²) < 4.78 is 38.7. The molecule has 2 heterocycles. The third-order valence-electron chi connectivity index (χ3n) is 4.88. The Balaban J connectivity index is 1.38. The van der Waals surface area contributed by atoms with Crippen molar-refractivity contribution in [2.24, 2.45) is 0 Å². The Morgan fingerprint density at radius 1 is 0.943 bits per heavy atom. The maximum atomic E-state index is 12.9. The van der Waals surface area contributed by atoms with Gasteiger partial charge in [-0.25, -0.2) is 0 Å². The summed E-state index contributed by atoms with van der Waals surface area (Å²) in [4.78, 5) is 17.6. The fourth-order valence-electron chi connectivity index (χ4n) is 3.20. The Morgan fingerprint density at radius 3 is 2.49 bits per heavy atom. The first-order chi connectivity index (χ1) is 16.8. The van der Waals surface area contributed by atoms with E-state index in [9.17, 15) is 18.0 Å². The Labute approximate surface area is 209 Å². The number of anilines is 2. The van der Waals surface area contributed by atoms with Gasteiger partial charge < -0.3 is 16.0 Å². The highest BCUT2D eigenvalue weighted by molar-refractivity contribution is 7.80. The molecule has 0 aliphatic rings. The van der Waals surface area contributed by atoms with Crippen molar-refractivity contribution in [1.29, 1.82) is 0 Å². The van der Waals surface area contributed by atoms with Gasteiger partial charge in [0.05, 0.1) is 11.3 Å². The average Bonchev–Trinajstić information content (AvgIpc) is 3.31. The van der Waals surface area contributed by atoms with Crippen molar-refractivity contribution < 1.29 is 18.0 Å². The van der Waals surface area contributed by atoms with Crippen molar-refractivity contribution in [3.63, 3.8) is 0 Å². The van der Waals surface area contributed by atoms with Gasteiger partial charge in [-0.05, 0) is 59.7 Å². The molecule has 3 N–H and O–H groups in total. The molecule has 10 heteroatoms. The lowest BCUT2D eigenvalue weighted by atomic mass is 10.2. The summed E-state index contributed by atoms with van der Waals surface area (Å²) in [6, 6.07) is 19.7. The molecule has 178 valence electrons. The van der Waals surface area contributed by atoms with Crippen LogP contribution in [0.15, 0.2) is 84.4 Å². The zero-order valence-corrected chi connectivity index (χ0v) is 19.7. The van der Waals surface area contributed by atoms with Crippen LogP contribution in [0.25, 0.3) is 10.4 Å². The van der Waals surface area contributed by atoms with Crippen LogP contribution >= 0.6 is 23.6 Å². The van der Waals surface area contributed by atoms with Gasteiger partial charge in [0, 0.05) is 28.7 Å². The topological polar surface area (TPSA) is 66.1 Å². The number of rotatable bonds is 6. The summed E-state index contributed by atoms with van der Waals surface area (Å²) in [5.41, 5.74) is 2.22. The molecule has 0 aliphatic carbocycles. The van der Waals surface area contributed by atoms with Gasteiger partial charge in [-0.2, -0.15) is 13.2 Å². The third-order valence-corrected chi connectivity index (χ3v) is 6.06. The second kappa shape index (κ2) is 10.7. The minimum atomic E-state index is -4.43. The van der Waals surface area contributed by atoms with Crippen LogP contribution in [0.5, 0.6) is 0 Å². The predicted octanol–water partition coefficient (Wildman–Crippen LogP) is 6.57. The summed E-state index contributed by atoms with van der Waals surface area (Å²) in [6.07, 6.45) is -2.86. The number of thiocarbonyl (C=S) groups is 1. The molecule has 2 aromatic heterocycles. The SMILES string of the molecule is O=C(NCc1ccccc1)c1cc(-c2cc(NC(=S)Nc3cccc(C(F)(F)F)c3)cs2)ccn1. The first-order valence-electron chi connectivity index (χ1n) is 10.4.